The van der Waals surface area contributed by atoms with Gasteiger partial charge in [0, 0.05) is 52.4 Å². The molecule has 3 N–H and O–H groups in total. The fraction of sp³-hybridized carbons (Fsp3) is 0.708. The Morgan fingerprint density at radius 3 is 2.41 bits per heavy atom. The van der Waals surface area contributed by atoms with Crippen molar-refractivity contribution in [1.82, 2.24) is 20.4 Å². The number of nitrogens with one attached hydrogen (secondary N) is 2. The molecule has 0 amide bonds. The maximum Gasteiger partial charge on any atom is 0.191 e. The molecule has 0 saturated carbocycles. The van der Waals surface area contributed by atoms with E-state index in [1.807, 2.05) is 38.1 Å². The van der Waals surface area contributed by atoms with Crippen LogP contribution in [0.1, 0.15) is 46.3 Å². The van der Waals surface area contributed by atoms with Crippen LogP contribution >= 0.6 is 24.0 Å². The SMILES string of the molecule is CCNC(=NCC(C)CN1CCN(CC)CC1)NCC(O)c1cccc(OC(C)C)c1.I. The zero-order valence-electron chi connectivity index (χ0n) is 20.5. The van der Waals surface area contributed by atoms with Crippen molar-refractivity contribution >= 4 is 29.9 Å². The second kappa shape index (κ2) is 15.7. The van der Waals surface area contributed by atoms with E-state index in [4.69, 9.17) is 9.73 Å². The number of guanidine groups is 1. The minimum atomic E-state index is -0.633. The van der Waals surface area contributed by atoms with Gasteiger partial charge in [-0.3, -0.25) is 4.99 Å². The Balaban J connectivity index is 0.00000512. The van der Waals surface area contributed by atoms with Crippen LogP contribution in [0.3, 0.4) is 0 Å². The molecule has 32 heavy (non-hydrogen) atoms. The Morgan fingerprint density at radius 1 is 1.09 bits per heavy atom. The zero-order valence-corrected chi connectivity index (χ0v) is 22.8. The van der Waals surface area contributed by atoms with Crippen molar-refractivity contribution in [3.63, 3.8) is 0 Å². The van der Waals surface area contributed by atoms with E-state index < -0.39 is 6.10 Å². The molecule has 1 saturated heterocycles. The lowest BCUT2D eigenvalue weighted by molar-refractivity contribution is 0.125. The van der Waals surface area contributed by atoms with Gasteiger partial charge in [0.15, 0.2) is 5.96 Å². The Kier molecular flexibility index (Phi) is 14.2. The third kappa shape index (κ3) is 10.7. The van der Waals surface area contributed by atoms with E-state index in [9.17, 15) is 5.11 Å². The Morgan fingerprint density at radius 2 is 1.78 bits per heavy atom. The summed E-state index contributed by atoms with van der Waals surface area (Å²) in [6.07, 6.45) is -0.526. The fourth-order valence-electron chi connectivity index (χ4n) is 3.75. The molecule has 0 bridgehead atoms. The lowest BCUT2D eigenvalue weighted by Crippen LogP contribution is -2.47. The molecular formula is C24H44IN5O2. The molecule has 1 aliphatic rings. The summed E-state index contributed by atoms with van der Waals surface area (Å²) in [4.78, 5) is 9.80. The molecule has 2 atom stereocenters. The zero-order chi connectivity index (χ0) is 22.6. The number of piperazine rings is 1. The number of ether oxygens (including phenoxy) is 1. The van der Waals surface area contributed by atoms with E-state index >= 15 is 0 Å². The minimum absolute atomic E-state index is 0. The van der Waals surface area contributed by atoms with Crippen molar-refractivity contribution in [2.45, 2.75) is 46.8 Å². The lowest BCUT2D eigenvalue weighted by atomic mass is 10.1. The Bertz CT molecular complexity index is 666. The van der Waals surface area contributed by atoms with Gasteiger partial charge in [0.05, 0.1) is 12.2 Å². The highest BCUT2D eigenvalue weighted by molar-refractivity contribution is 14.0. The maximum absolute atomic E-state index is 10.6. The number of hydrogen-bond acceptors (Lipinski definition) is 5. The van der Waals surface area contributed by atoms with Crippen molar-refractivity contribution in [3.8, 4) is 5.75 Å². The van der Waals surface area contributed by atoms with Crippen LogP contribution in [-0.2, 0) is 0 Å². The first-order valence-electron chi connectivity index (χ1n) is 11.8. The smallest absolute Gasteiger partial charge is 0.191 e. The highest BCUT2D eigenvalue weighted by Gasteiger charge is 2.17. The molecule has 7 nitrogen and oxygen atoms in total. The summed E-state index contributed by atoms with van der Waals surface area (Å²) >= 11 is 0. The molecule has 8 heteroatoms. The van der Waals surface area contributed by atoms with Gasteiger partial charge in [-0.2, -0.15) is 0 Å². The summed E-state index contributed by atoms with van der Waals surface area (Å²) in [7, 11) is 0. The van der Waals surface area contributed by atoms with Crippen LogP contribution in [-0.4, -0.2) is 85.9 Å². The quantitative estimate of drug-likeness (QED) is 0.219. The number of nitrogens with zero attached hydrogens (tertiary/aromatic N) is 3. The molecule has 0 radical (unpaired) electrons. The molecule has 1 aromatic carbocycles. The first-order valence-corrected chi connectivity index (χ1v) is 11.8. The predicted molar refractivity (Wildman–Crippen MR) is 144 cm³/mol. The molecule has 0 aromatic heterocycles. The molecule has 0 spiro atoms. The minimum Gasteiger partial charge on any atom is -0.491 e. The predicted octanol–water partition coefficient (Wildman–Crippen LogP) is 2.95. The number of aliphatic imine (C=N–C) groups is 1. The Hall–Kier alpha value is -1.10. The molecule has 2 rings (SSSR count). The van der Waals surface area contributed by atoms with Gasteiger partial charge in [-0.1, -0.05) is 26.0 Å². The van der Waals surface area contributed by atoms with Crippen LogP contribution in [0.4, 0.5) is 0 Å². The van der Waals surface area contributed by atoms with Crippen LogP contribution in [0.2, 0.25) is 0 Å². The number of hydrogen-bond donors (Lipinski definition) is 3. The van der Waals surface area contributed by atoms with Crippen molar-refractivity contribution in [3.05, 3.63) is 29.8 Å². The Labute approximate surface area is 212 Å². The lowest BCUT2D eigenvalue weighted by Gasteiger charge is -2.35. The van der Waals surface area contributed by atoms with Gasteiger partial charge in [0.2, 0.25) is 0 Å². The van der Waals surface area contributed by atoms with Crippen molar-refractivity contribution in [2.75, 3.05) is 58.9 Å². The van der Waals surface area contributed by atoms with Gasteiger partial charge in [0.25, 0.3) is 0 Å². The van der Waals surface area contributed by atoms with Gasteiger partial charge < -0.3 is 30.3 Å². The van der Waals surface area contributed by atoms with E-state index in [-0.39, 0.29) is 30.1 Å². The highest BCUT2D eigenvalue weighted by Crippen LogP contribution is 2.20. The molecule has 1 aliphatic heterocycles. The summed E-state index contributed by atoms with van der Waals surface area (Å²) in [6, 6.07) is 7.65. The summed E-state index contributed by atoms with van der Waals surface area (Å²) in [5, 5.41) is 17.2. The molecule has 1 heterocycles. The number of halogens is 1. The fourth-order valence-corrected chi connectivity index (χ4v) is 3.75. The molecule has 1 aromatic rings. The second-order valence-corrected chi connectivity index (χ2v) is 8.70. The summed E-state index contributed by atoms with van der Waals surface area (Å²) < 4.78 is 5.73. The van der Waals surface area contributed by atoms with Crippen molar-refractivity contribution < 1.29 is 9.84 Å². The monoisotopic (exact) mass is 561 g/mol. The van der Waals surface area contributed by atoms with Gasteiger partial charge >= 0.3 is 0 Å². The number of aliphatic hydroxyl groups is 1. The molecular weight excluding hydrogens is 517 g/mol. The van der Waals surface area contributed by atoms with E-state index in [1.165, 1.54) is 0 Å². The normalized spacial score (nSPS) is 17.5. The van der Waals surface area contributed by atoms with E-state index in [1.54, 1.807) is 0 Å². The van der Waals surface area contributed by atoms with Crippen LogP contribution < -0.4 is 15.4 Å². The average molecular weight is 562 g/mol. The maximum atomic E-state index is 10.6. The summed E-state index contributed by atoms with van der Waals surface area (Å²) in [5.74, 6) is 2.01. The number of aliphatic hydroxyl groups excluding tert-OH is 1. The summed E-state index contributed by atoms with van der Waals surface area (Å²) in [5.41, 5.74) is 0.834. The second-order valence-electron chi connectivity index (χ2n) is 8.70. The summed E-state index contributed by atoms with van der Waals surface area (Å²) in [6.45, 7) is 19.3. The van der Waals surface area contributed by atoms with Crippen molar-refractivity contribution in [2.24, 2.45) is 10.9 Å². The van der Waals surface area contributed by atoms with Gasteiger partial charge in [0.1, 0.15) is 5.75 Å². The van der Waals surface area contributed by atoms with Gasteiger partial charge in [-0.25, -0.2) is 0 Å². The number of benzene rings is 1. The molecule has 0 aliphatic carbocycles. The third-order valence-corrected chi connectivity index (χ3v) is 5.46. The van der Waals surface area contributed by atoms with E-state index in [0.29, 0.717) is 12.5 Å². The van der Waals surface area contributed by atoms with E-state index in [2.05, 4.69) is 41.2 Å². The first kappa shape index (κ1) is 28.9. The number of likely N-dealkylation sites (N-methyl/N-ethyl adjacent to an activating group) is 1. The average Bonchev–Trinajstić information content (AvgIpc) is 2.75. The first-order chi connectivity index (χ1) is 14.9. The van der Waals surface area contributed by atoms with Gasteiger partial charge in [-0.05, 0) is 50.9 Å². The largest absolute Gasteiger partial charge is 0.491 e. The third-order valence-electron chi connectivity index (χ3n) is 5.46. The number of rotatable bonds is 11. The molecule has 1 fully saturated rings. The van der Waals surface area contributed by atoms with Crippen LogP contribution in [0.5, 0.6) is 5.75 Å². The van der Waals surface area contributed by atoms with Crippen molar-refractivity contribution in [1.29, 1.82) is 0 Å². The molecule has 2 unspecified atom stereocenters. The highest BCUT2D eigenvalue weighted by atomic mass is 127. The van der Waals surface area contributed by atoms with E-state index in [0.717, 1.165) is 69.6 Å². The topological polar surface area (TPSA) is 72.4 Å². The van der Waals surface area contributed by atoms with Crippen LogP contribution in [0.15, 0.2) is 29.3 Å². The van der Waals surface area contributed by atoms with Crippen LogP contribution in [0, 0.1) is 5.92 Å². The standard InChI is InChI=1S/C24H43N5O2.HI/c1-6-25-24(26-16-20(5)18-29-13-11-28(7-2)12-14-29)27-17-23(30)21-9-8-10-22(15-21)31-19(3)4;/h8-10,15,19-20,23,30H,6-7,11-14,16-18H2,1-5H3,(H2,25,26,27);1H. The van der Waals surface area contributed by atoms with Gasteiger partial charge in [-0.15, -0.1) is 24.0 Å². The molecule has 184 valence electrons. The van der Waals surface area contributed by atoms with Crippen LogP contribution in [0.25, 0.3) is 0 Å².